The van der Waals surface area contributed by atoms with Crippen molar-refractivity contribution >= 4 is 36.8 Å². The summed E-state index contributed by atoms with van der Waals surface area (Å²) in [6, 6.07) is 12.9. The predicted octanol–water partition coefficient (Wildman–Crippen LogP) is 5.18. The first-order chi connectivity index (χ1) is 17.9. The number of halogens is 2. The summed E-state index contributed by atoms with van der Waals surface area (Å²) in [4.78, 5) is 40.6. The molecule has 2 aliphatic heterocycles. The Morgan fingerprint density at radius 3 is 2.45 bits per heavy atom. The lowest BCUT2D eigenvalue weighted by molar-refractivity contribution is -0.139. The highest BCUT2D eigenvalue weighted by atomic mass is 31.2. The van der Waals surface area contributed by atoms with Gasteiger partial charge in [-0.1, -0.05) is 24.3 Å². The molecule has 0 aliphatic carbocycles. The topological polar surface area (TPSA) is 122 Å². The van der Waals surface area contributed by atoms with Crippen molar-refractivity contribution in [2.45, 2.75) is 37.8 Å². The maximum absolute atomic E-state index is 13.6. The number of hydrogen-bond donors (Lipinski definition) is 2. The molecule has 2 aliphatic rings. The summed E-state index contributed by atoms with van der Waals surface area (Å²) in [5, 5.41) is 0. The normalized spacial score (nSPS) is 17.1. The van der Waals surface area contributed by atoms with Gasteiger partial charge in [-0.05, 0) is 54.7 Å². The second kappa shape index (κ2) is 11.2. The maximum Gasteiger partial charge on any atom is 0.334 e. The molecule has 202 valence electrons. The van der Waals surface area contributed by atoms with Gasteiger partial charge in [0.1, 0.15) is 5.84 Å². The van der Waals surface area contributed by atoms with Gasteiger partial charge in [0.25, 0.3) is 13.3 Å². The van der Waals surface area contributed by atoms with Gasteiger partial charge >= 0.3 is 11.6 Å². The van der Waals surface area contributed by atoms with E-state index in [0.717, 1.165) is 37.1 Å². The van der Waals surface area contributed by atoms with Crippen molar-refractivity contribution in [2.24, 2.45) is 10.7 Å². The SMILES string of the molecule is CP(=O)(O)C(F)(F)CCCOC(=O)C1=Cc2ccc(-c3ccc(C(=O)N4CCCC4)cc3)cc2N=C(N)C1. The minimum Gasteiger partial charge on any atom is -0.462 e. The Morgan fingerprint density at radius 1 is 1.13 bits per heavy atom. The number of amides is 1. The molecule has 1 unspecified atom stereocenters. The molecular weight excluding hydrogens is 515 g/mol. The number of carbonyl (C=O) groups is 2. The zero-order valence-corrected chi connectivity index (χ0v) is 21.9. The first kappa shape index (κ1) is 27.7. The third kappa shape index (κ3) is 6.37. The van der Waals surface area contributed by atoms with E-state index in [9.17, 15) is 22.9 Å². The van der Waals surface area contributed by atoms with Crippen LogP contribution in [0.15, 0.2) is 53.0 Å². The van der Waals surface area contributed by atoms with Crippen molar-refractivity contribution in [3.05, 3.63) is 59.2 Å². The molecule has 1 atom stereocenters. The Hall–Kier alpha value is -3.36. The fraction of sp³-hybridized carbons (Fsp3) is 0.370. The first-order valence-corrected chi connectivity index (χ1v) is 14.5. The monoisotopic (exact) mass is 545 g/mol. The number of ether oxygens (including phenoxy) is 1. The Kier molecular flexibility index (Phi) is 8.13. The van der Waals surface area contributed by atoms with Crippen molar-refractivity contribution in [3.63, 3.8) is 0 Å². The number of benzene rings is 2. The second-order valence-corrected chi connectivity index (χ2v) is 12.0. The van der Waals surface area contributed by atoms with Crippen LogP contribution < -0.4 is 5.73 Å². The molecule has 3 N–H and O–H groups in total. The average molecular weight is 546 g/mol. The number of fused-ring (bicyclic) bond motifs is 1. The van der Waals surface area contributed by atoms with E-state index in [2.05, 4.69) is 4.99 Å². The molecule has 38 heavy (non-hydrogen) atoms. The molecule has 0 aromatic heterocycles. The molecule has 0 spiro atoms. The van der Waals surface area contributed by atoms with Crippen molar-refractivity contribution in [2.75, 3.05) is 26.4 Å². The Morgan fingerprint density at radius 2 is 1.79 bits per heavy atom. The maximum atomic E-state index is 13.6. The van der Waals surface area contributed by atoms with Gasteiger partial charge in [-0.25, -0.2) is 9.79 Å². The number of nitrogens with two attached hydrogens (primary N) is 1. The average Bonchev–Trinajstić information content (AvgIpc) is 3.35. The molecule has 8 nitrogen and oxygen atoms in total. The van der Waals surface area contributed by atoms with Gasteiger partial charge in [-0.2, -0.15) is 8.78 Å². The lowest BCUT2D eigenvalue weighted by atomic mass is 10.00. The Labute approximate surface area is 219 Å². The van der Waals surface area contributed by atoms with Crippen LogP contribution >= 0.6 is 7.37 Å². The number of likely N-dealkylation sites (tertiary alicyclic amines) is 1. The molecule has 4 rings (SSSR count). The molecule has 11 heteroatoms. The predicted molar refractivity (Wildman–Crippen MR) is 142 cm³/mol. The number of carbonyl (C=O) groups excluding carboxylic acids is 2. The summed E-state index contributed by atoms with van der Waals surface area (Å²) >= 11 is 0. The van der Waals surface area contributed by atoms with E-state index >= 15 is 0 Å². The van der Waals surface area contributed by atoms with Crippen LogP contribution in [-0.2, 0) is 14.1 Å². The molecule has 0 radical (unpaired) electrons. The fourth-order valence-electron chi connectivity index (χ4n) is 4.36. The van der Waals surface area contributed by atoms with E-state index < -0.39 is 25.4 Å². The summed E-state index contributed by atoms with van der Waals surface area (Å²) < 4.78 is 43.7. The van der Waals surface area contributed by atoms with Crippen LogP contribution in [-0.4, -0.2) is 59.5 Å². The Balaban J connectivity index is 1.44. The zero-order valence-electron chi connectivity index (χ0n) is 21.0. The molecule has 0 saturated carbocycles. The number of nitrogens with zero attached hydrogens (tertiary/aromatic N) is 2. The van der Waals surface area contributed by atoms with Gasteiger partial charge in [-0.15, -0.1) is 0 Å². The van der Waals surface area contributed by atoms with Crippen molar-refractivity contribution < 1.29 is 32.6 Å². The first-order valence-electron chi connectivity index (χ1n) is 12.4. The molecule has 2 heterocycles. The van der Waals surface area contributed by atoms with Crippen molar-refractivity contribution in [3.8, 4) is 11.1 Å². The quantitative estimate of drug-likeness (QED) is 0.268. The van der Waals surface area contributed by atoms with Crippen LogP contribution in [0.1, 0.15) is 48.0 Å². The molecule has 0 bridgehead atoms. The largest absolute Gasteiger partial charge is 0.462 e. The lowest BCUT2D eigenvalue weighted by Gasteiger charge is -2.19. The number of rotatable bonds is 8. The van der Waals surface area contributed by atoms with E-state index in [1.807, 2.05) is 41.3 Å². The van der Waals surface area contributed by atoms with E-state index in [1.54, 1.807) is 12.1 Å². The molecule has 2 aromatic rings. The summed E-state index contributed by atoms with van der Waals surface area (Å²) in [7, 11) is -4.58. The number of aliphatic imine (C=N–C) groups is 1. The standard InChI is InChI=1S/C27H30F2N3O5P/c1-38(35,36)27(28,29)11-4-14-37-26(34)22-15-21-10-9-20(16-23(21)31-24(30)17-22)18-5-7-19(8-6-18)25(33)32-12-2-3-13-32/h5-10,15-16H,2-4,11-14,17H2,1H3,(H2,30,31)(H,35,36). The Bertz CT molecular complexity index is 1330. The van der Waals surface area contributed by atoms with Crippen molar-refractivity contribution in [1.82, 2.24) is 4.90 Å². The van der Waals surface area contributed by atoms with E-state index in [1.165, 1.54) is 0 Å². The molecule has 2 aromatic carbocycles. The van der Waals surface area contributed by atoms with E-state index in [-0.39, 0.29) is 36.8 Å². The third-order valence-electron chi connectivity index (χ3n) is 6.58. The van der Waals surface area contributed by atoms with Crippen LogP contribution in [0.3, 0.4) is 0 Å². The number of alkyl halides is 2. The summed E-state index contributed by atoms with van der Waals surface area (Å²) in [6.07, 6.45) is 2.55. The van der Waals surface area contributed by atoms with Crippen LogP contribution in [0.25, 0.3) is 17.2 Å². The van der Waals surface area contributed by atoms with Gasteiger partial charge in [0.2, 0.25) is 0 Å². The minimum absolute atomic E-state index is 0.0209. The second-order valence-electron chi connectivity index (χ2n) is 9.58. The molecule has 1 amide bonds. The van der Waals surface area contributed by atoms with Gasteiger partial charge in [0.05, 0.1) is 12.3 Å². The lowest BCUT2D eigenvalue weighted by Crippen LogP contribution is -2.27. The zero-order chi connectivity index (χ0) is 27.5. The van der Waals surface area contributed by atoms with E-state index in [4.69, 9.17) is 15.4 Å². The van der Waals surface area contributed by atoms with Crippen LogP contribution in [0, 0.1) is 0 Å². The molecule has 1 saturated heterocycles. The van der Waals surface area contributed by atoms with Crippen LogP contribution in [0.2, 0.25) is 0 Å². The summed E-state index contributed by atoms with van der Waals surface area (Å²) in [5.41, 5.74) is 6.11. The highest BCUT2D eigenvalue weighted by Gasteiger charge is 2.44. The number of hydrogen-bond acceptors (Lipinski definition) is 6. The van der Waals surface area contributed by atoms with Crippen molar-refractivity contribution in [1.29, 1.82) is 0 Å². The molecular formula is C27H30F2N3O5P. The number of amidine groups is 1. The highest BCUT2D eigenvalue weighted by molar-refractivity contribution is 7.58. The summed E-state index contributed by atoms with van der Waals surface area (Å²) in [6.45, 7) is 1.85. The van der Waals surface area contributed by atoms with Gasteiger partial charge < -0.3 is 20.3 Å². The minimum atomic E-state index is -4.58. The van der Waals surface area contributed by atoms with Crippen LogP contribution in [0.4, 0.5) is 14.5 Å². The molecule has 1 fully saturated rings. The fourth-order valence-corrected chi connectivity index (χ4v) is 4.93. The summed E-state index contributed by atoms with van der Waals surface area (Å²) in [5.74, 6) is -0.495. The highest BCUT2D eigenvalue weighted by Crippen LogP contribution is 2.55. The van der Waals surface area contributed by atoms with Crippen LogP contribution in [0.5, 0.6) is 0 Å². The van der Waals surface area contributed by atoms with Gasteiger partial charge in [0.15, 0.2) is 0 Å². The number of esters is 1. The van der Waals surface area contributed by atoms with Gasteiger partial charge in [-0.3, -0.25) is 9.36 Å². The smallest absolute Gasteiger partial charge is 0.334 e. The third-order valence-corrected chi connectivity index (χ3v) is 8.02. The van der Waals surface area contributed by atoms with E-state index in [0.29, 0.717) is 23.5 Å². The van der Waals surface area contributed by atoms with Gasteiger partial charge in [0, 0.05) is 49.3 Å².